The number of hydrogen-bond acceptors (Lipinski definition) is 8. The van der Waals surface area contributed by atoms with Gasteiger partial charge in [0.15, 0.2) is 10.2 Å². The van der Waals surface area contributed by atoms with Crippen LogP contribution in [0.2, 0.25) is 0 Å². The van der Waals surface area contributed by atoms with E-state index in [1.807, 2.05) is 36.4 Å². The van der Waals surface area contributed by atoms with E-state index in [4.69, 9.17) is 43.4 Å². The van der Waals surface area contributed by atoms with Crippen LogP contribution < -0.4 is 30.7 Å². The second kappa shape index (κ2) is 13.5. The van der Waals surface area contributed by atoms with E-state index in [2.05, 4.69) is 21.3 Å². The maximum absolute atomic E-state index is 12.8. The molecule has 0 saturated carbocycles. The summed E-state index contributed by atoms with van der Waals surface area (Å²) in [6.07, 6.45) is 0. The van der Waals surface area contributed by atoms with Crippen LogP contribution in [0.15, 0.2) is 71.1 Å². The zero-order chi connectivity index (χ0) is 29.5. The SMILES string of the molecule is CCOC(=O)C1=C(C)NC(=S)NC1c1ccccc1OCOc1ccccc1C1NC(=S)NC(C)=C1C(=O)OCC. The summed E-state index contributed by atoms with van der Waals surface area (Å²) in [5, 5.41) is 13.1. The Morgan fingerprint density at radius 3 is 1.49 bits per heavy atom. The average molecular weight is 597 g/mol. The topological polar surface area (TPSA) is 119 Å². The number of allylic oxidation sites excluding steroid dienone is 2. The summed E-state index contributed by atoms with van der Waals surface area (Å²) in [5.41, 5.74) is 3.39. The van der Waals surface area contributed by atoms with Crippen LogP contribution in [0.25, 0.3) is 0 Å². The van der Waals surface area contributed by atoms with Gasteiger partial charge in [-0.3, -0.25) is 0 Å². The van der Waals surface area contributed by atoms with Gasteiger partial charge >= 0.3 is 11.9 Å². The predicted molar refractivity (Wildman–Crippen MR) is 161 cm³/mol. The molecule has 2 aromatic carbocycles. The van der Waals surface area contributed by atoms with Crippen molar-refractivity contribution < 1.29 is 28.5 Å². The van der Waals surface area contributed by atoms with Crippen LogP contribution >= 0.6 is 24.4 Å². The number of carbonyl (C=O) groups excluding carboxylic acids is 2. The fourth-order valence-electron chi connectivity index (χ4n) is 4.67. The highest BCUT2D eigenvalue weighted by Crippen LogP contribution is 2.35. The highest BCUT2D eigenvalue weighted by Gasteiger charge is 2.34. The average Bonchev–Trinajstić information content (AvgIpc) is 2.93. The third kappa shape index (κ3) is 6.77. The van der Waals surface area contributed by atoms with E-state index in [0.29, 0.717) is 55.4 Å². The predicted octanol–water partition coefficient (Wildman–Crippen LogP) is 3.81. The molecule has 0 fully saturated rings. The van der Waals surface area contributed by atoms with Crippen molar-refractivity contribution in [2.45, 2.75) is 39.8 Å². The maximum atomic E-state index is 12.8. The Hall–Kier alpha value is -4.16. The molecule has 12 heteroatoms. The lowest BCUT2D eigenvalue weighted by molar-refractivity contribution is -0.140. The first-order chi connectivity index (χ1) is 19.7. The van der Waals surface area contributed by atoms with Gasteiger partial charge in [-0.2, -0.15) is 0 Å². The first-order valence-corrected chi connectivity index (χ1v) is 13.9. The molecule has 10 nitrogen and oxygen atoms in total. The lowest BCUT2D eigenvalue weighted by Crippen LogP contribution is -2.45. The van der Waals surface area contributed by atoms with Gasteiger partial charge in [-0.25, -0.2) is 9.59 Å². The molecule has 0 radical (unpaired) electrons. The second-order valence-corrected chi connectivity index (χ2v) is 9.88. The molecule has 4 rings (SSSR count). The van der Waals surface area contributed by atoms with Crippen molar-refractivity contribution in [1.29, 1.82) is 0 Å². The van der Waals surface area contributed by atoms with E-state index in [9.17, 15) is 9.59 Å². The number of thiocarbonyl (C=S) groups is 2. The Morgan fingerprint density at radius 1 is 0.707 bits per heavy atom. The van der Waals surface area contributed by atoms with E-state index in [0.717, 1.165) is 0 Å². The maximum Gasteiger partial charge on any atom is 0.338 e. The Balaban J connectivity index is 1.58. The second-order valence-electron chi connectivity index (χ2n) is 9.06. The lowest BCUT2D eigenvalue weighted by Gasteiger charge is -2.31. The first-order valence-electron chi connectivity index (χ1n) is 13.1. The minimum absolute atomic E-state index is 0.159. The van der Waals surface area contributed by atoms with Crippen LogP contribution in [-0.2, 0) is 19.1 Å². The highest BCUT2D eigenvalue weighted by molar-refractivity contribution is 7.80. The van der Waals surface area contributed by atoms with Crippen LogP contribution in [0.4, 0.5) is 0 Å². The third-order valence-corrected chi connectivity index (χ3v) is 6.86. The van der Waals surface area contributed by atoms with Gasteiger partial charge in [0.1, 0.15) is 11.5 Å². The molecule has 2 unspecified atom stereocenters. The number of hydrogen-bond donors (Lipinski definition) is 4. The molecule has 2 aliphatic heterocycles. The van der Waals surface area contributed by atoms with Gasteiger partial charge in [0.25, 0.3) is 0 Å². The molecule has 0 bridgehead atoms. The van der Waals surface area contributed by atoms with Gasteiger partial charge in [-0.05, 0) is 64.3 Å². The molecule has 0 aliphatic carbocycles. The quantitative estimate of drug-likeness (QED) is 0.181. The molecule has 216 valence electrons. The molecule has 2 heterocycles. The van der Waals surface area contributed by atoms with Gasteiger partial charge in [-0.1, -0.05) is 36.4 Å². The fourth-order valence-corrected chi connectivity index (χ4v) is 5.21. The smallest absolute Gasteiger partial charge is 0.338 e. The van der Waals surface area contributed by atoms with Gasteiger partial charge < -0.3 is 40.2 Å². The molecule has 2 aliphatic rings. The van der Waals surface area contributed by atoms with Crippen LogP contribution in [0.1, 0.15) is 50.9 Å². The Bertz CT molecular complexity index is 1320. The van der Waals surface area contributed by atoms with E-state index >= 15 is 0 Å². The standard InChI is InChI=1S/C29H32N4O6S2/c1-5-36-26(34)22-16(3)30-28(40)32-24(22)18-11-7-9-13-20(18)38-15-39-21-14-10-8-12-19(21)25-23(27(35)37-6-2)17(4)31-29(41)33-25/h7-14,24-25H,5-6,15H2,1-4H3,(H2,30,32,40)(H2,31,33,41). The molecule has 0 amide bonds. The third-order valence-electron chi connectivity index (χ3n) is 6.42. The number of para-hydroxylation sites is 2. The van der Waals surface area contributed by atoms with Crippen molar-refractivity contribution in [3.05, 3.63) is 82.2 Å². The van der Waals surface area contributed by atoms with E-state index in [1.165, 1.54) is 0 Å². The van der Waals surface area contributed by atoms with Crippen molar-refractivity contribution in [2.75, 3.05) is 20.0 Å². The Morgan fingerprint density at radius 2 is 1.10 bits per heavy atom. The Labute approximate surface area is 249 Å². The largest absolute Gasteiger partial charge is 0.463 e. The number of rotatable bonds is 10. The number of benzene rings is 2. The normalized spacial score (nSPS) is 18.4. The number of ether oxygens (including phenoxy) is 4. The van der Waals surface area contributed by atoms with E-state index in [-0.39, 0.29) is 20.0 Å². The molecule has 0 spiro atoms. The minimum Gasteiger partial charge on any atom is -0.463 e. The molecule has 2 aromatic rings. The molecular weight excluding hydrogens is 564 g/mol. The van der Waals surface area contributed by atoms with Crippen LogP contribution in [0.5, 0.6) is 11.5 Å². The molecule has 41 heavy (non-hydrogen) atoms. The summed E-state index contributed by atoms with van der Waals surface area (Å²) >= 11 is 10.7. The summed E-state index contributed by atoms with van der Waals surface area (Å²) in [7, 11) is 0. The van der Waals surface area contributed by atoms with Crippen LogP contribution in [-0.4, -0.2) is 42.2 Å². The lowest BCUT2D eigenvalue weighted by atomic mass is 9.95. The molecule has 0 aromatic heterocycles. The zero-order valence-electron chi connectivity index (χ0n) is 23.2. The summed E-state index contributed by atoms with van der Waals surface area (Å²) in [5.74, 6) is 0.0769. The van der Waals surface area contributed by atoms with Crippen molar-refractivity contribution in [3.63, 3.8) is 0 Å². The zero-order valence-corrected chi connectivity index (χ0v) is 24.8. The highest BCUT2D eigenvalue weighted by atomic mass is 32.1. The van der Waals surface area contributed by atoms with Crippen LogP contribution in [0, 0.1) is 0 Å². The number of carbonyl (C=O) groups is 2. The molecule has 2 atom stereocenters. The summed E-state index contributed by atoms with van der Waals surface area (Å²) < 4.78 is 22.8. The van der Waals surface area contributed by atoms with Crippen molar-refractivity contribution in [3.8, 4) is 11.5 Å². The van der Waals surface area contributed by atoms with Crippen molar-refractivity contribution >= 4 is 46.6 Å². The van der Waals surface area contributed by atoms with Gasteiger partial charge in [0.05, 0.1) is 36.4 Å². The fraction of sp³-hybridized carbons (Fsp3) is 0.310. The van der Waals surface area contributed by atoms with E-state index in [1.54, 1.807) is 39.8 Å². The molecule has 0 saturated heterocycles. The van der Waals surface area contributed by atoms with Gasteiger partial charge in [-0.15, -0.1) is 0 Å². The van der Waals surface area contributed by atoms with Crippen molar-refractivity contribution in [2.24, 2.45) is 0 Å². The Kier molecular flexibility index (Phi) is 9.79. The number of esters is 2. The summed E-state index contributed by atoms with van der Waals surface area (Å²) in [4.78, 5) is 25.7. The monoisotopic (exact) mass is 596 g/mol. The molecular formula is C29H32N4O6S2. The van der Waals surface area contributed by atoms with Gasteiger partial charge in [0.2, 0.25) is 6.79 Å². The summed E-state index contributed by atoms with van der Waals surface area (Å²) in [6, 6.07) is 13.4. The summed E-state index contributed by atoms with van der Waals surface area (Å²) in [6.45, 7) is 7.37. The first kappa shape index (κ1) is 29.8. The minimum atomic E-state index is -0.591. The molecule has 4 N–H and O–H groups in total. The van der Waals surface area contributed by atoms with Crippen molar-refractivity contribution in [1.82, 2.24) is 21.3 Å². The van der Waals surface area contributed by atoms with Crippen LogP contribution in [0.3, 0.4) is 0 Å². The van der Waals surface area contributed by atoms with Gasteiger partial charge in [0, 0.05) is 22.5 Å². The number of nitrogens with one attached hydrogen (secondary N) is 4. The van der Waals surface area contributed by atoms with E-state index < -0.39 is 24.0 Å².